The lowest BCUT2D eigenvalue weighted by Crippen LogP contribution is -2.55. The van der Waals surface area contributed by atoms with Crippen molar-refractivity contribution in [3.8, 4) is 0 Å². The van der Waals surface area contributed by atoms with E-state index in [0.717, 1.165) is 19.4 Å². The van der Waals surface area contributed by atoms with Crippen LogP contribution in [0.2, 0.25) is 0 Å². The molecule has 1 aliphatic heterocycles. The van der Waals surface area contributed by atoms with E-state index in [9.17, 15) is 4.79 Å². The Morgan fingerprint density at radius 2 is 1.89 bits per heavy atom. The molecule has 4 nitrogen and oxygen atoms in total. The first-order chi connectivity index (χ1) is 8.70. The van der Waals surface area contributed by atoms with Gasteiger partial charge in [-0.2, -0.15) is 0 Å². The number of nitrogens with zero attached hydrogens (tertiary/aromatic N) is 1. The number of carbonyl (C=O) groups is 1. The molecule has 1 N–H and O–H groups in total. The monoisotopic (exact) mass is 270 g/mol. The third kappa shape index (κ3) is 5.39. The Kier molecular flexibility index (Phi) is 5.65. The van der Waals surface area contributed by atoms with Crippen molar-refractivity contribution >= 4 is 6.09 Å². The van der Waals surface area contributed by atoms with E-state index < -0.39 is 5.60 Å². The van der Waals surface area contributed by atoms with E-state index in [1.54, 1.807) is 0 Å². The molecular formula is C15H30N2O2. The predicted octanol–water partition coefficient (Wildman–Crippen LogP) is 3.16. The van der Waals surface area contributed by atoms with Gasteiger partial charge in [-0.15, -0.1) is 0 Å². The van der Waals surface area contributed by atoms with E-state index >= 15 is 0 Å². The number of carbonyl (C=O) groups excluding carboxylic acids is 1. The van der Waals surface area contributed by atoms with Crippen molar-refractivity contribution < 1.29 is 9.53 Å². The topological polar surface area (TPSA) is 41.6 Å². The van der Waals surface area contributed by atoms with Gasteiger partial charge in [0.2, 0.25) is 0 Å². The smallest absolute Gasteiger partial charge is 0.410 e. The maximum absolute atomic E-state index is 12.3. The summed E-state index contributed by atoms with van der Waals surface area (Å²) in [6.07, 6.45) is 3.15. The van der Waals surface area contributed by atoms with E-state index in [-0.39, 0.29) is 12.1 Å². The van der Waals surface area contributed by atoms with Gasteiger partial charge in [0.15, 0.2) is 0 Å². The normalized spacial score (nSPS) is 22.5. The second-order valence-electron chi connectivity index (χ2n) is 6.85. The fourth-order valence-corrected chi connectivity index (χ4v) is 2.66. The minimum Gasteiger partial charge on any atom is -0.444 e. The second kappa shape index (κ2) is 6.60. The van der Waals surface area contributed by atoms with Crippen molar-refractivity contribution in [2.45, 2.75) is 84.5 Å². The third-order valence-electron chi connectivity index (χ3n) is 3.35. The van der Waals surface area contributed by atoms with Crippen molar-refractivity contribution in [3.05, 3.63) is 0 Å². The number of ether oxygens (including phenoxy) is 1. The summed E-state index contributed by atoms with van der Waals surface area (Å²) in [5, 5.41) is 3.51. The number of rotatable bonds is 3. The largest absolute Gasteiger partial charge is 0.444 e. The zero-order chi connectivity index (χ0) is 14.6. The lowest BCUT2D eigenvalue weighted by Gasteiger charge is -2.40. The molecule has 2 unspecified atom stereocenters. The lowest BCUT2D eigenvalue weighted by molar-refractivity contribution is 0.00521. The van der Waals surface area contributed by atoms with Gasteiger partial charge in [-0.25, -0.2) is 4.79 Å². The molecule has 1 fully saturated rings. The summed E-state index contributed by atoms with van der Waals surface area (Å²) in [6, 6.07) is 0.969. The molecule has 0 spiro atoms. The van der Waals surface area contributed by atoms with Gasteiger partial charge in [-0.05, 0) is 47.0 Å². The Hall–Kier alpha value is -0.770. The van der Waals surface area contributed by atoms with Crippen LogP contribution in [0.25, 0.3) is 0 Å². The van der Waals surface area contributed by atoms with Crippen LogP contribution in [0.1, 0.15) is 60.8 Å². The molecule has 0 saturated carbocycles. The first-order valence-electron chi connectivity index (χ1n) is 7.46. The highest BCUT2D eigenvalue weighted by atomic mass is 16.6. The second-order valence-corrected chi connectivity index (χ2v) is 6.85. The maximum atomic E-state index is 12.3. The summed E-state index contributed by atoms with van der Waals surface area (Å²) in [6.45, 7) is 13.0. The molecule has 0 aromatic heterocycles. The predicted molar refractivity (Wildman–Crippen MR) is 78.3 cm³/mol. The zero-order valence-corrected chi connectivity index (χ0v) is 13.3. The van der Waals surface area contributed by atoms with Gasteiger partial charge in [0.25, 0.3) is 0 Å². The average Bonchev–Trinajstić information content (AvgIpc) is 2.25. The van der Waals surface area contributed by atoms with Crippen LogP contribution in [-0.2, 0) is 4.74 Å². The minimum absolute atomic E-state index is 0.172. The van der Waals surface area contributed by atoms with Crippen molar-refractivity contribution in [1.82, 2.24) is 10.2 Å². The van der Waals surface area contributed by atoms with E-state index in [0.29, 0.717) is 12.1 Å². The molecule has 0 aliphatic carbocycles. The van der Waals surface area contributed by atoms with Gasteiger partial charge in [-0.3, -0.25) is 0 Å². The summed E-state index contributed by atoms with van der Waals surface area (Å²) in [7, 11) is 0. The minimum atomic E-state index is -0.423. The number of amides is 1. The van der Waals surface area contributed by atoms with Crippen LogP contribution in [0.4, 0.5) is 4.79 Å². The molecule has 1 aliphatic rings. The van der Waals surface area contributed by atoms with E-state index in [1.807, 2.05) is 25.7 Å². The Labute approximate surface area is 117 Å². The Morgan fingerprint density at radius 3 is 2.42 bits per heavy atom. The highest BCUT2D eigenvalue weighted by Gasteiger charge is 2.33. The number of likely N-dealkylation sites (tertiary alicyclic amines) is 1. The van der Waals surface area contributed by atoms with Crippen molar-refractivity contribution in [1.29, 1.82) is 0 Å². The highest BCUT2D eigenvalue weighted by Crippen LogP contribution is 2.22. The van der Waals surface area contributed by atoms with E-state index in [2.05, 4.69) is 26.1 Å². The van der Waals surface area contributed by atoms with Crippen LogP contribution in [0.3, 0.4) is 0 Å². The molecule has 1 amide bonds. The van der Waals surface area contributed by atoms with Crippen LogP contribution in [0.15, 0.2) is 0 Å². The number of nitrogens with one attached hydrogen (secondary N) is 1. The zero-order valence-electron chi connectivity index (χ0n) is 13.3. The standard InChI is InChI=1S/C15H30N2O2/c1-11(2)16-12(3)13-9-7-8-10-17(13)14(18)19-15(4,5)6/h11-13,16H,7-10H2,1-6H3. The maximum Gasteiger partial charge on any atom is 0.410 e. The molecule has 0 radical (unpaired) electrons. The Balaban J connectivity index is 2.69. The van der Waals surface area contributed by atoms with Gasteiger partial charge < -0.3 is 15.0 Å². The van der Waals surface area contributed by atoms with Crippen LogP contribution in [0.5, 0.6) is 0 Å². The summed E-state index contributed by atoms with van der Waals surface area (Å²) < 4.78 is 5.52. The van der Waals surface area contributed by atoms with Crippen molar-refractivity contribution in [3.63, 3.8) is 0 Å². The van der Waals surface area contributed by atoms with Gasteiger partial charge in [0, 0.05) is 18.6 Å². The molecule has 0 bridgehead atoms. The molecule has 1 saturated heterocycles. The third-order valence-corrected chi connectivity index (χ3v) is 3.35. The van der Waals surface area contributed by atoms with Crippen LogP contribution < -0.4 is 5.32 Å². The Morgan fingerprint density at radius 1 is 1.26 bits per heavy atom. The van der Waals surface area contributed by atoms with Gasteiger partial charge >= 0.3 is 6.09 Å². The first-order valence-corrected chi connectivity index (χ1v) is 7.46. The molecule has 0 aromatic rings. The first kappa shape index (κ1) is 16.3. The highest BCUT2D eigenvalue weighted by molar-refractivity contribution is 5.68. The van der Waals surface area contributed by atoms with Gasteiger partial charge in [0.05, 0.1) is 6.04 Å². The molecule has 19 heavy (non-hydrogen) atoms. The molecule has 1 rings (SSSR count). The number of hydrogen-bond donors (Lipinski definition) is 1. The average molecular weight is 270 g/mol. The molecular weight excluding hydrogens is 240 g/mol. The molecule has 1 heterocycles. The number of hydrogen-bond acceptors (Lipinski definition) is 3. The van der Waals surface area contributed by atoms with Crippen molar-refractivity contribution in [2.24, 2.45) is 0 Å². The van der Waals surface area contributed by atoms with E-state index in [1.165, 1.54) is 6.42 Å². The molecule has 4 heteroatoms. The van der Waals surface area contributed by atoms with Gasteiger partial charge in [0.1, 0.15) is 5.60 Å². The van der Waals surface area contributed by atoms with Crippen LogP contribution in [0, 0.1) is 0 Å². The summed E-state index contributed by atoms with van der Waals surface area (Å²) in [5.41, 5.74) is -0.423. The quantitative estimate of drug-likeness (QED) is 0.856. The molecule has 112 valence electrons. The lowest BCUT2D eigenvalue weighted by atomic mass is 9.96. The van der Waals surface area contributed by atoms with E-state index in [4.69, 9.17) is 4.74 Å². The summed E-state index contributed by atoms with van der Waals surface area (Å²) in [4.78, 5) is 14.2. The number of piperidine rings is 1. The Bertz CT molecular complexity index is 297. The molecule has 0 aromatic carbocycles. The fourth-order valence-electron chi connectivity index (χ4n) is 2.66. The van der Waals surface area contributed by atoms with Crippen LogP contribution >= 0.6 is 0 Å². The summed E-state index contributed by atoms with van der Waals surface area (Å²) >= 11 is 0. The van der Waals surface area contributed by atoms with Crippen molar-refractivity contribution in [2.75, 3.05) is 6.54 Å². The molecule has 2 atom stereocenters. The van der Waals surface area contributed by atoms with Crippen LogP contribution in [-0.4, -0.2) is 41.3 Å². The summed E-state index contributed by atoms with van der Waals surface area (Å²) in [5.74, 6) is 0. The van der Waals surface area contributed by atoms with Gasteiger partial charge in [-0.1, -0.05) is 13.8 Å². The fraction of sp³-hybridized carbons (Fsp3) is 0.933. The SMILES string of the molecule is CC(C)NC(C)C1CCCCN1C(=O)OC(C)(C)C.